The second-order valence-corrected chi connectivity index (χ2v) is 6.02. The number of hydrogen-bond acceptors (Lipinski definition) is 7. The van der Waals surface area contributed by atoms with E-state index in [-0.39, 0.29) is 18.5 Å². The first-order valence-electron chi connectivity index (χ1n) is 8.56. The number of hydrogen-bond donors (Lipinski definition) is 1. The molecule has 0 radical (unpaired) electrons. The Balaban J connectivity index is 1.43. The van der Waals surface area contributed by atoms with Gasteiger partial charge in [0.15, 0.2) is 13.2 Å². The smallest absolute Gasteiger partial charge is 0.344 e. The molecule has 3 aromatic rings. The number of aromatic nitrogens is 2. The molecule has 8 nitrogen and oxygen atoms in total. The quantitative estimate of drug-likeness (QED) is 0.628. The van der Waals surface area contributed by atoms with Crippen LogP contribution in [-0.4, -0.2) is 35.3 Å². The van der Waals surface area contributed by atoms with Gasteiger partial charge in [-0.3, -0.25) is 10.1 Å². The summed E-state index contributed by atoms with van der Waals surface area (Å²) in [4.78, 5) is 23.6. The Kier molecular flexibility index (Phi) is 6.01. The van der Waals surface area contributed by atoms with E-state index in [1.165, 1.54) is 0 Å². The van der Waals surface area contributed by atoms with Crippen molar-refractivity contribution in [1.82, 2.24) is 10.2 Å². The van der Waals surface area contributed by atoms with Crippen molar-refractivity contribution in [3.8, 4) is 17.2 Å². The molecular formula is C20H19N3O5. The summed E-state index contributed by atoms with van der Waals surface area (Å²) in [5.41, 5.74) is 2.91. The molecule has 1 N–H and O–H groups in total. The summed E-state index contributed by atoms with van der Waals surface area (Å²) in [7, 11) is 0. The van der Waals surface area contributed by atoms with E-state index in [4.69, 9.17) is 13.9 Å². The zero-order valence-corrected chi connectivity index (χ0v) is 15.5. The molecule has 144 valence electrons. The number of nitrogens with one attached hydrogen (secondary N) is 1. The van der Waals surface area contributed by atoms with E-state index in [0.29, 0.717) is 5.75 Å². The summed E-state index contributed by atoms with van der Waals surface area (Å²) in [6, 6.07) is 14.5. The monoisotopic (exact) mass is 381 g/mol. The van der Waals surface area contributed by atoms with E-state index >= 15 is 0 Å². The van der Waals surface area contributed by atoms with Crippen molar-refractivity contribution in [2.75, 3.05) is 18.5 Å². The number of benzene rings is 2. The molecule has 0 aliphatic carbocycles. The zero-order valence-electron chi connectivity index (χ0n) is 15.5. The Bertz CT molecular complexity index is 969. The predicted octanol–water partition coefficient (Wildman–Crippen LogP) is 2.91. The Morgan fingerprint density at radius 2 is 1.79 bits per heavy atom. The van der Waals surface area contributed by atoms with Gasteiger partial charge in [0.25, 0.3) is 5.91 Å². The van der Waals surface area contributed by atoms with Crippen LogP contribution in [-0.2, 0) is 14.3 Å². The number of ether oxygens (including phenoxy) is 2. The first kappa shape index (κ1) is 19.1. The van der Waals surface area contributed by atoms with Gasteiger partial charge >= 0.3 is 12.0 Å². The largest absolute Gasteiger partial charge is 0.482 e. The van der Waals surface area contributed by atoms with Crippen LogP contribution in [0.25, 0.3) is 11.5 Å². The van der Waals surface area contributed by atoms with Crippen molar-refractivity contribution in [3.63, 3.8) is 0 Å². The van der Waals surface area contributed by atoms with Gasteiger partial charge in [-0.15, -0.1) is 5.10 Å². The van der Waals surface area contributed by atoms with Crippen LogP contribution >= 0.6 is 0 Å². The topological polar surface area (TPSA) is 104 Å². The van der Waals surface area contributed by atoms with Crippen LogP contribution in [0, 0.1) is 13.8 Å². The van der Waals surface area contributed by atoms with Gasteiger partial charge in [-0.1, -0.05) is 29.4 Å². The summed E-state index contributed by atoms with van der Waals surface area (Å²) in [6.07, 6.45) is 0. The number of carbonyl (C=O) groups excluding carboxylic acids is 2. The molecule has 1 aromatic heterocycles. The molecule has 0 spiro atoms. The number of carbonyl (C=O) groups is 2. The van der Waals surface area contributed by atoms with Crippen LogP contribution in [0.4, 0.5) is 6.01 Å². The molecule has 0 saturated heterocycles. The minimum atomic E-state index is -0.663. The maximum Gasteiger partial charge on any atom is 0.344 e. The van der Waals surface area contributed by atoms with Crippen LogP contribution < -0.4 is 10.1 Å². The van der Waals surface area contributed by atoms with E-state index in [0.717, 1.165) is 16.7 Å². The number of nitrogens with zero attached hydrogens (tertiary/aromatic N) is 2. The Labute approximate surface area is 161 Å². The van der Waals surface area contributed by atoms with E-state index in [1.54, 1.807) is 18.2 Å². The summed E-state index contributed by atoms with van der Waals surface area (Å²) in [5.74, 6) is -0.426. The number of anilines is 1. The highest BCUT2D eigenvalue weighted by Gasteiger charge is 2.13. The first-order valence-corrected chi connectivity index (χ1v) is 8.56. The minimum Gasteiger partial charge on any atom is -0.482 e. The van der Waals surface area contributed by atoms with Crippen LogP contribution in [0.3, 0.4) is 0 Å². The molecule has 0 saturated carbocycles. The minimum absolute atomic E-state index is 0.0775. The fourth-order valence-corrected chi connectivity index (χ4v) is 2.26. The Morgan fingerprint density at radius 3 is 2.54 bits per heavy atom. The van der Waals surface area contributed by atoms with Crippen molar-refractivity contribution in [2.45, 2.75) is 13.8 Å². The maximum atomic E-state index is 11.9. The second-order valence-electron chi connectivity index (χ2n) is 6.02. The van der Waals surface area contributed by atoms with Crippen molar-refractivity contribution >= 4 is 17.9 Å². The lowest BCUT2D eigenvalue weighted by Crippen LogP contribution is -2.23. The first-order chi connectivity index (χ1) is 13.5. The van der Waals surface area contributed by atoms with Gasteiger partial charge in [-0.25, -0.2) is 4.79 Å². The molecule has 0 fully saturated rings. The van der Waals surface area contributed by atoms with Crippen molar-refractivity contribution in [1.29, 1.82) is 0 Å². The van der Waals surface area contributed by atoms with Gasteiger partial charge in [0, 0.05) is 5.56 Å². The molecule has 0 unspecified atom stereocenters. The van der Waals surface area contributed by atoms with Gasteiger partial charge in [-0.2, -0.15) is 0 Å². The standard InChI is InChI=1S/C20H19N3O5/c1-13-8-9-16(10-14(13)2)26-12-18(25)27-11-17(24)21-20-23-22-19(28-20)15-6-4-3-5-7-15/h3-10H,11-12H2,1-2H3,(H,21,23,24). The molecule has 0 atom stereocenters. The molecule has 1 heterocycles. The summed E-state index contributed by atoms with van der Waals surface area (Å²) >= 11 is 0. The van der Waals surface area contributed by atoms with Gasteiger partial charge < -0.3 is 13.9 Å². The molecule has 8 heteroatoms. The average Bonchev–Trinajstić information content (AvgIpc) is 3.16. The number of esters is 1. The summed E-state index contributed by atoms with van der Waals surface area (Å²) in [5, 5.41) is 9.97. The van der Waals surface area contributed by atoms with Gasteiger partial charge in [0.2, 0.25) is 5.89 Å². The Hall–Kier alpha value is -3.68. The highest BCUT2D eigenvalue weighted by atomic mass is 16.6. The van der Waals surface area contributed by atoms with Gasteiger partial charge in [-0.05, 0) is 49.2 Å². The van der Waals surface area contributed by atoms with Gasteiger partial charge in [0.05, 0.1) is 0 Å². The van der Waals surface area contributed by atoms with E-state index in [2.05, 4.69) is 15.5 Å². The van der Waals surface area contributed by atoms with E-state index in [1.807, 2.05) is 44.2 Å². The maximum absolute atomic E-state index is 11.9. The lowest BCUT2D eigenvalue weighted by molar-refractivity contribution is -0.149. The van der Waals surface area contributed by atoms with Crippen LogP contribution in [0.5, 0.6) is 5.75 Å². The second kappa shape index (κ2) is 8.81. The van der Waals surface area contributed by atoms with Crippen LogP contribution in [0.15, 0.2) is 52.9 Å². The fraction of sp³-hybridized carbons (Fsp3) is 0.200. The fourth-order valence-electron chi connectivity index (χ4n) is 2.26. The molecule has 3 rings (SSSR count). The molecule has 0 bridgehead atoms. The third-order valence-electron chi connectivity index (χ3n) is 3.89. The molecule has 28 heavy (non-hydrogen) atoms. The summed E-state index contributed by atoms with van der Waals surface area (Å²) in [6.45, 7) is 3.15. The zero-order chi connectivity index (χ0) is 19.9. The van der Waals surface area contributed by atoms with Crippen molar-refractivity contribution < 1.29 is 23.5 Å². The van der Waals surface area contributed by atoms with Crippen LogP contribution in [0.2, 0.25) is 0 Å². The third kappa shape index (κ3) is 5.16. The number of aryl methyl sites for hydroxylation is 2. The lowest BCUT2D eigenvalue weighted by Gasteiger charge is -2.08. The van der Waals surface area contributed by atoms with Crippen LogP contribution in [0.1, 0.15) is 11.1 Å². The van der Waals surface area contributed by atoms with Crippen molar-refractivity contribution in [2.24, 2.45) is 0 Å². The molecule has 2 aromatic carbocycles. The third-order valence-corrected chi connectivity index (χ3v) is 3.89. The van der Waals surface area contributed by atoms with E-state index in [9.17, 15) is 9.59 Å². The molecule has 1 amide bonds. The normalized spacial score (nSPS) is 10.4. The highest BCUT2D eigenvalue weighted by molar-refractivity contribution is 5.91. The highest BCUT2D eigenvalue weighted by Crippen LogP contribution is 2.19. The molecular weight excluding hydrogens is 362 g/mol. The number of rotatable bonds is 7. The Morgan fingerprint density at radius 1 is 1.00 bits per heavy atom. The molecule has 0 aliphatic rings. The van der Waals surface area contributed by atoms with E-state index < -0.39 is 18.5 Å². The van der Waals surface area contributed by atoms with Crippen molar-refractivity contribution in [3.05, 3.63) is 59.7 Å². The number of amides is 1. The van der Waals surface area contributed by atoms with Gasteiger partial charge in [0.1, 0.15) is 5.75 Å². The molecule has 0 aliphatic heterocycles. The SMILES string of the molecule is Cc1ccc(OCC(=O)OCC(=O)Nc2nnc(-c3ccccc3)o2)cc1C. The lowest BCUT2D eigenvalue weighted by atomic mass is 10.1. The summed E-state index contributed by atoms with van der Waals surface area (Å²) < 4.78 is 15.6. The average molecular weight is 381 g/mol. The predicted molar refractivity (Wildman–Crippen MR) is 101 cm³/mol.